The van der Waals surface area contributed by atoms with Gasteiger partial charge in [-0.3, -0.25) is 0 Å². The largest absolute Gasteiger partial charge is 0.308 e. The van der Waals surface area contributed by atoms with Gasteiger partial charge in [0.1, 0.15) is 0 Å². The molecule has 0 bridgehead atoms. The number of benzene rings is 9. The minimum atomic E-state index is -0.709. The molecule has 0 amide bonds. The minimum Gasteiger partial charge on any atom is -0.308 e. The van der Waals surface area contributed by atoms with Gasteiger partial charge < -0.3 is 4.57 Å². The number of hydrogen-bond donors (Lipinski definition) is 0. The lowest BCUT2D eigenvalue weighted by atomic mass is 9.85. The second-order valence-electron chi connectivity index (χ2n) is 13.0. The summed E-state index contributed by atoms with van der Waals surface area (Å²) in [4.78, 5) is 0. The molecule has 0 aliphatic heterocycles. The lowest BCUT2D eigenvalue weighted by Gasteiger charge is -2.20. The molecular weight excluding hydrogens is 627 g/mol. The van der Waals surface area contributed by atoms with E-state index in [0.717, 1.165) is 56.2 Å². The molecule has 1 aromatic heterocycles. The summed E-state index contributed by atoms with van der Waals surface area (Å²) < 4.78 is 118. The number of para-hydroxylation sites is 2. The quantitative estimate of drug-likeness (QED) is 0.164. The van der Waals surface area contributed by atoms with Crippen molar-refractivity contribution in [3.8, 4) is 50.2 Å². The zero-order chi connectivity index (χ0) is 45.5. The third-order valence-corrected chi connectivity index (χ3v) is 10.3. The van der Waals surface area contributed by atoms with Gasteiger partial charge in [0.15, 0.2) is 0 Å². The molecule has 0 radical (unpaired) electrons. The molecule has 0 unspecified atom stereocenters. The summed E-state index contributed by atoms with van der Waals surface area (Å²) >= 11 is 0. The number of nitrogens with zero attached hydrogens (tertiary/aromatic N) is 1. The molecule has 0 spiro atoms. The number of rotatable bonds is 4. The van der Waals surface area contributed by atoms with Gasteiger partial charge in [0.2, 0.25) is 0 Å². The van der Waals surface area contributed by atoms with Gasteiger partial charge in [0, 0.05) is 21.9 Å². The maximum Gasteiger partial charge on any atom is 0.0629 e. The van der Waals surface area contributed by atoms with Crippen LogP contribution in [0.2, 0.25) is 0 Å². The Bertz CT molecular complexity index is 3620. The van der Waals surface area contributed by atoms with Crippen LogP contribution in [0.15, 0.2) is 188 Å². The van der Waals surface area contributed by atoms with Gasteiger partial charge in [-0.2, -0.15) is 0 Å². The van der Waals surface area contributed by atoms with E-state index in [1.807, 2.05) is 42.5 Å². The summed E-state index contributed by atoms with van der Waals surface area (Å²) in [6, 6.07) is 28.4. The fourth-order valence-corrected chi connectivity index (χ4v) is 8.19. The van der Waals surface area contributed by atoms with Crippen LogP contribution in [-0.2, 0) is 6.42 Å². The Morgan fingerprint density at radius 2 is 0.885 bits per heavy atom. The standard InChI is InChI=1S/C51H33N/c1-2-14-34(15-3-1)48-42-20-6-8-22-44(42)49(45-23-9-7-21-43(45)48)35-28-26-33(27-29-35)39-31-30-37-32-36-16-4-5-17-38(36)50(37)51(39)52-46-24-12-10-18-40(46)41-19-11-13-25-47(41)52/h1-31H,32H2/i1D,2D,3D,6D,7D,8D,9D,14D,15D,20D,21D,22D,23D. The summed E-state index contributed by atoms with van der Waals surface area (Å²) in [5.41, 5.74) is 9.13. The maximum absolute atomic E-state index is 9.36. The van der Waals surface area contributed by atoms with Gasteiger partial charge in [-0.1, -0.05) is 176 Å². The molecular formula is C51H33N. The first kappa shape index (κ1) is 19.1. The van der Waals surface area contributed by atoms with Gasteiger partial charge in [-0.25, -0.2) is 0 Å². The highest BCUT2D eigenvalue weighted by Gasteiger charge is 2.27. The van der Waals surface area contributed by atoms with Crippen molar-refractivity contribution in [1.29, 1.82) is 0 Å². The van der Waals surface area contributed by atoms with Gasteiger partial charge in [0.05, 0.1) is 34.5 Å². The Hall–Kier alpha value is -6.70. The summed E-state index contributed by atoms with van der Waals surface area (Å²) in [6.07, 6.45) is 0.769. The van der Waals surface area contributed by atoms with Crippen molar-refractivity contribution < 1.29 is 17.8 Å². The number of fused-ring (bicyclic) bond motifs is 8. The zero-order valence-corrected chi connectivity index (χ0v) is 27.5. The predicted molar refractivity (Wildman–Crippen MR) is 220 cm³/mol. The van der Waals surface area contributed by atoms with Crippen LogP contribution in [0.25, 0.3) is 93.5 Å². The zero-order valence-electron chi connectivity index (χ0n) is 40.5. The summed E-state index contributed by atoms with van der Waals surface area (Å²) in [6.45, 7) is 0. The van der Waals surface area contributed by atoms with Gasteiger partial charge in [-0.05, 0) is 84.6 Å². The van der Waals surface area contributed by atoms with Crippen LogP contribution in [0.4, 0.5) is 0 Å². The molecule has 0 saturated heterocycles. The lowest BCUT2D eigenvalue weighted by Crippen LogP contribution is -2.01. The van der Waals surface area contributed by atoms with Crippen molar-refractivity contribution in [3.63, 3.8) is 0 Å². The highest BCUT2D eigenvalue weighted by molar-refractivity contribution is 6.21. The summed E-state index contributed by atoms with van der Waals surface area (Å²) in [5.74, 6) is 0. The third kappa shape index (κ3) is 4.23. The van der Waals surface area contributed by atoms with Crippen LogP contribution < -0.4 is 0 Å². The van der Waals surface area contributed by atoms with Crippen LogP contribution in [0.5, 0.6) is 0 Å². The van der Waals surface area contributed by atoms with E-state index >= 15 is 0 Å². The molecule has 1 aliphatic rings. The van der Waals surface area contributed by atoms with E-state index in [4.69, 9.17) is 12.3 Å². The molecule has 0 fully saturated rings. The Kier molecular flexibility index (Phi) is 4.18. The van der Waals surface area contributed by atoms with Crippen molar-refractivity contribution >= 4 is 43.4 Å². The van der Waals surface area contributed by atoms with Crippen molar-refractivity contribution in [2.24, 2.45) is 0 Å². The Balaban J connectivity index is 1.25. The normalized spacial score (nSPS) is 15.7. The average molecular weight is 673 g/mol. The molecule has 11 rings (SSSR count). The van der Waals surface area contributed by atoms with E-state index < -0.39 is 84.1 Å². The second-order valence-corrected chi connectivity index (χ2v) is 13.0. The highest BCUT2D eigenvalue weighted by atomic mass is 15.0. The van der Waals surface area contributed by atoms with Crippen LogP contribution >= 0.6 is 0 Å². The Labute approximate surface area is 320 Å². The highest BCUT2D eigenvalue weighted by Crippen LogP contribution is 2.48. The van der Waals surface area contributed by atoms with E-state index in [2.05, 4.69) is 59.2 Å². The van der Waals surface area contributed by atoms with Crippen LogP contribution in [0.1, 0.15) is 28.9 Å². The molecule has 1 nitrogen and oxygen atoms in total. The monoisotopic (exact) mass is 672 g/mol. The van der Waals surface area contributed by atoms with Crippen molar-refractivity contribution in [1.82, 2.24) is 4.57 Å². The van der Waals surface area contributed by atoms with Crippen LogP contribution in [0.3, 0.4) is 0 Å². The predicted octanol–water partition coefficient (Wildman–Crippen LogP) is 13.7. The smallest absolute Gasteiger partial charge is 0.0629 e. The molecule has 1 aliphatic carbocycles. The first-order chi connectivity index (χ1) is 31.2. The third-order valence-electron chi connectivity index (χ3n) is 10.3. The topological polar surface area (TPSA) is 4.93 Å². The van der Waals surface area contributed by atoms with Gasteiger partial charge in [-0.15, -0.1) is 0 Å². The lowest BCUT2D eigenvalue weighted by molar-refractivity contribution is 1.17. The van der Waals surface area contributed by atoms with Crippen molar-refractivity contribution in [3.05, 3.63) is 199 Å². The van der Waals surface area contributed by atoms with E-state index in [9.17, 15) is 5.48 Å². The SMILES string of the molecule is [2H]c1c([2H])c([2H])c(-c2c3c([2H])c([2H])c([2H])c([2H])c3c(-c3ccc(-c4ccc5c(c4-n4c6ccccc6c6ccccc64)-c4ccccc4C5)cc3)c3c([2H])c([2H])c([2H])c([2H])c23)c([2H])c1[2H]. The van der Waals surface area contributed by atoms with Crippen molar-refractivity contribution in [2.75, 3.05) is 0 Å². The van der Waals surface area contributed by atoms with Gasteiger partial charge in [0.25, 0.3) is 0 Å². The van der Waals surface area contributed by atoms with E-state index in [-0.39, 0.29) is 32.7 Å². The Morgan fingerprint density at radius 3 is 1.52 bits per heavy atom. The molecule has 52 heavy (non-hydrogen) atoms. The molecule has 1 heteroatoms. The fraction of sp³-hybridized carbons (Fsp3) is 0.0196. The van der Waals surface area contributed by atoms with Crippen molar-refractivity contribution in [2.45, 2.75) is 6.42 Å². The second kappa shape index (κ2) is 11.4. The maximum atomic E-state index is 9.36. The van der Waals surface area contributed by atoms with E-state index in [0.29, 0.717) is 5.56 Å². The Morgan fingerprint density at radius 1 is 0.365 bits per heavy atom. The van der Waals surface area contributed by atoms with E-state index in [1.165, 1.54) is 11.1 Å². The van der Waals surface area contributed by atoms with Gasteiger partial charge >= 0.3 is 0 Å². The number of aromatic nitrogens is 1. The molecule has 9 aromatic carbocycles. The molecule has 0 N–H and O–H groups in total. The summed E-state index contributed by atoms with van der Waals surface area (Å²) in [5, 5.41) is 1.49. The minimum absolute atomic E-state index is 0.0853. The number of hydrogen-bond acceptors (Lipinski definition) is 0. The average Bonchev–Trinajstić information content (AvgIpc) is 3.88. The van der Waals surface area contributed by atoms with Crippen LogP contribution in [0, 0.1) is 0 Å². The first-order valence-corrected chi connectivity index (χ1v) is 17.1. The first-order valence-electron chi connectivity index (χ1n) is 23.6. The molecule has 0 saturated carbocycles. The molecule has 10 aromatic rings. The molecule has 1 heterocycles. The molecule has 242 valence electrons. The van der Waals surface area contributed by atoms with Crippen LogP contribution in [-0.4, -0.2) is 4.57 Å². The van der Waals surface area contributed by atoms with E-state index in [1.54, 1.807) is 12.1 Å². The molecule has 0 atom stereocenters. The summed E-state index contributed by atoms with van der Waals surface area (Å²) in [7, 11) is 0. The fourth-order valence-electron chi connectivity index (χ4n) is 8.19.